The highest BCUT2D eigenvalue weighted by molar-refractivity contribution is 7.64. The van der Waals surface area contributed by atoms with E-state index >= 15 is 0 Å². The number of nitriles is 1. The topological polar surface area (TPSA) is 28.2 Å². The number of nitrogens with zero attached hydrogens (tertiary/aromatic N) is 1. The largest absolute Gasteiger partial charge is 0.696 e. The number of hydrogen-bond acceptors (Lipinski definition) is 2. The van der Waals surface area contributed by atoms with Crippen molar-refractivity contribution >= 4 is 12.6 Å². The molecule has 84 valence electrons. The lowest BCUT2D eigenvalue weighted by Gasteiger charge is -2.16. The molecule has 1 unspecified atom stereocenters. The molecule has 1 atom stereocenters. The zero-order chi connectivity index (χ0) is 11.4. The van der Waals surface area contributed by atoms with Crippen molar-refractivity contribution in [3.63, 3.8) is 0 Å². The minimum absolute atomic E-state index is 0.958. The molecule has 14 heavy (non-hydrogen) atoms. The summed E-state index contributed by atoms with van der Waals surface area (Å²) < 4.78 is 0. The highest BCUT2D eigenvalue weighted by Gasteiger charge is 2.08. The number of quaternary nitrogens is 1. The van der Waals surface area contributed by atoms with Crippen LogP contribution >= 0.6 is 0 Å². The van der Waals surface area contributed by atoms with Crippen LogP contribution < -0.4 is 4.90 Å². The van der Waals surface area contributed by atoms with E-state index in [4.69, 9.17) is 5.26 Å². The quantitative estimate of drug-likeness (QED) is 0.536. The molecular weight excluding hydrogens is 192 g/mol. The average molecular weight is 216 g/mol. The first-order chi connectivity index (χ1) is 6.62. The van der Waals surface area contributed by atoms with Crippen LogP contribution in [0.3, 0.4) is 0 Å². The minimum Gasteiger partial charge on any atom is -0.696 e. The molecule has 0 aromatic carbocycles. The smallest absolute Gasteiger partial charge is 0.0795 e. The summed E-state index contributed by atoms with van der Waals surface area (Å²) in [6.45, 7) is 5.93. The van der Waals surface area contributed by atoms with Crippen LogP contribution in [0.5, 0.6) is 0 Å². The number of rotatable bonds is 6. The summed E-state index contributed by atoms with van der Waals surface area (Å²) in [5.41, 5.74) is 0. The number of nitrogens with one attached hydrogen (secondary N) is 1. The van der Waals surface area contributed by atoms with E-state index in [1.54, 1.807) is 4.90 Å². The van der Waals surface area contributed by atoms with Crippen LogP contribution in [-0.4, -0.2) is 20.6 Å². The van der Waals surface area contributed by atoms with E-state index in [2.05, 4.69) is 40.6 Å². The van der Waals surface area contributed by atoms with E-state index < -0.39 is 0 Å². The predicted octanol–water partition coefficient (Wildman–Crippen LogP) is 1.36. The molecule has 2 nitrogen and oxygen atoms in total. The SMILES string of the molecule is CCCCC(CC)C[NH+](C)C.N#C[S-]. The number of hydrogen-bond donors (Lipinski definition) is 1. The normalized spacial score (nSPS) is 11.4. The van der Waals surface area contributed by atoms with Crippen molar-refractivity contribution in [2.45, 2.75) is 39.5 Å². The molecule has 0 rings (SSSR count). The van der Waals surface area contributed by atoms with Gasteiger partial charge in [0.2, 0.25) is 0 Å². The first-order valence-corrected chi connectivity index (χ1v) is 5.83. The van der Waals surface area contributed by atoms with Crippen LogP contribution in [0, 0.1) is 16.6 Å². The Morgan fingerprint density at radius 3 is 2.14 bits per heavy atom. The molecule has 0 saturated heterocycles. The van der Waals surface area contributed by atoms with Crippen molar-refractivity contribution in [3.8, 4) is 5.40 Å². The maximum absolute atomic E-state index is 7.13. The molecular formula is C11H24N2S. The molecule has 0 bridgehead atoms. The molecule has 0 aromatic rings. The Hall–Kier alpha value is -0.330. The van der Waals surface area contributed by atoms with Gasteiger partial charge >= 0.3 is 0 Å². The van der Waals surface area contributed by atoms with Gasteiger partial charge in [-0.15, -0.1) is 0 Å². The van der Waals surface area contributed by atoms with Crippen LogP contribution in [0.1, 0.15) is 39.5 Å². The van der Waals surface area contributed by atoms with Crippen molar-refractivity contribution in [2.75, 3.05) is 20.6 Å². The van der Waals surface area contributed by atoms with Crippen LogP contribution in [0.2, 0.25) is 0 Å². The van der Waals surface area contributed by atoms with E-state index in [0.29, 0.717) is 0 Å². The molecule has 0 saturated carbocycles. The highest BCUT2D eigenvalue weighted by atomic mass is 32.1. The first kappa shape index (κ1) is 16.1. The molecule has 0 aromatic heterocycles. The van der Waals surface area contributed by atoms with Gasteiger partial charge in [0.15, 0.2) is 0 Å². The molecule has 1 N–H and O–H groups in total. The van der Waals surface area contributed by atoms with E-state index in [1.807, 2.05) is 0 Å². The third-order valence-electron chi connectivity index (χ3n) is 2.24. The van der Waals surface area contributed by atoms with Gasteiger partial charge in [-0.1, -0.05) is 32.1 Å². The van der Waals surface area contributed by atoms with Crippen LogP contribution in [-0.2, 0) is 12.6 Å². The van der Waals surface area contributed by atoms with E-state index in [0.717, 1.165) is 5.92 Å². The van der Waals surface area contributed by atoms with Crippen LogP contribution in [0.4, 0.5) is 0 Å². The molecule has 3 heteroatoms. The predicted molar refractivity (Wildman–Crippen MR) is 64.0 cm³/mol. The summed E-state index contributed by atoms with van der Waals surface area (Å²) in [4.78, 5) is 1.59. The Labute approximate surface area is 94.7 Å². The summed E-state index contributed by atoms with van der Waals surface area (Å²) >= 11 is 3.70. The molecule has 0 radical (unpaired) electrons. The molecule has 0 heterocycles. The Morgan fingerprint density at radius 2 is 1.86 bits per heavy atom. The Bertz CT molecular complexity index is 141. The third-order valence-corrected chi connectivity index (χ3v) is 2.24. The lowest BCUT2D eigenvalue weighted by Crippen LogP contribution is -3.06. The van der Waals surface area contributed by atoms with Crippen LogP contribution in [0.15, 0.2) is 0 Å². The monoisotopic (exact) mass is 216 g/mol. The average Bonchev–Trinajstić information content (AvgIpc) is 2.13. The van der Waals surface area contributed by atoms with Crippen molar-refractivity contribution in [1.82, 2.24) is 0 Å². The third kappa shape index (κ3) is 14.2. The zero-order valence-corrected chi connectivity index (χ0v) is 10.8. The summed E-state index contributed by atoms with van der Waals surface area (Å²) in [7, 11) is 4.49. The van der Waals surface area contributed by atoms with E-state index in [9.17, 15) is 0 Å². The Kier molecular flexibility index (Phi) is 14.6. The Balaban J connectivity index is 0. The Morgan fingerprint density at radius 1 is 1.36 bits per heavy atom. The molecule has 0 fully saturated rings. The first-order valence-electron chi connectivity index (χ1n) is 5.42. The lowest BCUT2D eigenvalue weighted by atomic mass is 9.99. The fraction of sp³-hybridized carbons (Fsp3) is 0.909. The second kappa shape index (κ2) is 12.7. The van der Waals surface area contributed by atoms with Gasteiger partial charge in [-0.3, -0.25) is 0 Å². The number of unbranched alkanes of at least 4 members (excludes halogenated alkanes) is 1. The summed E-state index contributed by atoms with van der Waals surface area (Å²) in [5.74, 6) is 0.958. The van der Waals surface area contributed by atoms with Crippen molar-refractivity contribution in [2.24, 2.45) is 5.92 Å². The lowest BCUT2D eigenvalue weighted by molar-refractivity contribution is -0.862. The van der Waals surface area contributed by atoms with Crippen LogP contribution in [0.25, 0.3) is 0 Å². The van der Waals surface area contributed by atoms with Gasteiger partial charge in [-0.05, 0) is 12.8 Å². The molecule has 0 aliphatic rings. The fourth-order valence-corrected chi connectivity index (χ4v) is 1.52. The van der Waals surface area contributed by atoms with Crippen molar-refractivity contribution in [3.05, 3.63) is 0 Å². The second-order valence-electron chi connectivity index (χ2n) is 3.92. The number of thiocyanates is 1. The summed E-state index contributed by atoms with van der Waals surface area (Å²) in [6, 6.07) is 0. The van der Waals surface area contributed by atoms with Gasteiger partial charge in [0.25, 0.3) is 0 Å². The second-order valence-corrected chi connectivity index (χ2v) is 4.10. The minimum atomic E-state index is 0.958. The van der Waals surface area contributed by atoms with Gasteiger partial charge in [0, 0.05) is 5.92 Å². The van der Waals surface area contributed by atoms with Gasteiger partial charge in [-0.25, -0.2) is 5.26 Å². The van der Waals surface area contributed by atoms with Gasteiger partial charge < -0.3 is 17.5 Å². The molecule has 0 spiro atoms. The van der Waals surface area contributed by atoms with Gasteiger partial charge in [-0.2, -0.15) is 0 Å². The van der Waals surface area contributed by atoms with E-state index in [1.165, 1.54) is 37.6 Å². The standard InChI is InChI=1S/C10H23N.CHNS/c1-5-7-8-10(6-2)9-11(3)4;2-1-3/h10H,5-9H2,1-4H3;3H. The summed E-state index contributed by atoms with van der Waals surface area (Å²) in [5, 5.41) is 8.47. The van der Waals surface area contributed by atoms with Crippen molar-refractivity contribution in [1.29, 1.82) is 5.26 Å². The maximum Gasteiger partial charge on any atom is 0.0795 e. The van der Waals surface area contributed by atoms with Gasteiger partial charge in [0.1, 0.15) is 0 Å². The van der Waals surface area contributed by atoms with Crippen molar-refractivity contribution < 1.29 is 4.90 Å². The maximum atomic E-state index is 7.13. The molecule has 0 aliphatic heterocycles. The zero-order valence-electron chi connectivity index (χ0n) is 9.97. The highest BCUT2D eigenvalue weighted by Crippen LogP contribution is 2.09. The summed E-state index contributed by atoms with van der Waals surface area (Å²) in [6.07, 6.45) is 5.54. The molecule has 0 aliphatic carbocycles. The molecule has 0 amide bonds. The fourth-order valence-electron chi connectivity index (χ4n) is 1.52. The van der Waals surface area contributed by atoms with Gasteiger partial charge in [0.05, 0.1) is 20.6 Å². The van der Waals surface area contributed by atoms with E-state index in [-0.39, 0.29) is 0 Å².